The number of ether oxygens (including phenoxy) is 5. The standard InChI is InChI=1S/C47H64BrClN6O10/c1-32(2)45(54-41(56)17-20-62-22-24-64-26-27-65-25-23-63-21-19-51-42(57)29-48)47(60)52-38(10-6-7-18-50)46(59)53-39-28-40-44(37-9-5-4-8-36(37)39)34(30-49)31-55(40)43(58)16-13-33-11-14-35(61-3)15-12-33/h4-5,8-9,11-16,28,32,34,38,45H,6-7,10,17-27,29-31,50H2,1-3H3,(H,51,57)(H,52,60)(H,53,59)(H,54,56)/b16-13+/t34?,38-,45-/m0/s1. The van der Waals surface area contributed by atoms with Crippen molar-refractivity contribution in [2.24, 2.45) is 11.7 Å². The van der Waals surface area contributed by atoms with E-state index in [1.807, 2.05) is 62.4 Å². The molecule has 0 aliphatic carbocycles. The molecule has 65 heavy (non-hydrogen) atoms. The van der Waals surface area contributed by atoms with Gasteiger partial charge in [-0.25, -0.2) is 0 Å². The van der Waals surface area contributed by atoms with Gasteiger partial charge < -0.3 is 55.6 Å². The number of alkyl halides is 2. The predicted octanol–water partition coefficient (Wildman–Crippen LogP) is 4.89. The quantitative estimate of drug-likeness (QED) is 0.0345. The van der Waals surface area contributed by atoms with Crippen LogP contribution in [0.4, 0.5) is 11.4 Å². The van der Waals surface area contributed by atoms with E-state index in [0.29, 0.717) is 95.7 Å². The fraction of sp³-hybridized carbons (Fsp3) is 0.511. The number of fused-ring (bicyclic) bond motifs is 3. The van der Waals surface area contributed by atoms with Gasteiger partial charge in [-0.2, -0.15) is 0 Å². The molecule has 3 aromatic rings. The van der Waals surface area contributed by atoms with Gasteiger partial charge in [0.15, 0.2) is 0 Å². The van der Waals surface area contributed by atoms with E-state index in [1.54, 1.807) is 24.2 Å². The van der Waals surface area contributed by atoms with Crippen LogP contribution in [0.3, 0.4) is 0 Å². The lowest BCUT2D eigenvalue weighted by Gasteiger charge is -2.26. The number of methoxy groups -OCH3 is 1. The normalized spacial score (nSPS) is 14.3. The fourth-order valence-electron chi connectivity index (χ4n) is 7.12. The van der Waals surface area contributed by atoms with Crippen molar-refractivity contribution in [3.05, 3.63) is 71.8 Å². The highest BCUT2D eigenvalue weighted by molar-refractivity contribution is 9.09. The van der Waals surface area contributed by atoms with E-state index in [4.69, 9.17) is 41.0 Å². The van der Waals surface area contributed by atoms with Crippen molar-refractivity contribution >= 4 is 85.3 Å². The van der Waals surface area contributed by atoms with E-state index in [2.05, 4.69) is 37.2 Å². The number of nitrogens with one attached hydrogen (secondary N) is 4. The second kappa shape index (κ2) is 29.1. The first kappa shape index (κ1) is 53.0. The van der Waals surface area contributed by atoms with E-state index in [-0.39, 0.29) is 60.4 Å². The molecule has 1 aliphatic rings. The van der Waals surface area contributed by atoms with Crippen LogP contribution in [0.5, 0.6) is 5.75 Å². The van der Waals surface area contributed by atoms with Gasteiger partial charge in [-0.05, 0) is 72.5 Å². The molecule has 0 saturated heterocycles. The summed E-state index contributed by atoms with van der Waals surface area (Å²) in [5, 5.41) is 13.4. The Morgan fingerprint density at radius 2 is 1.49 bits per heavy atom. The zero-order valence-corrected chi connectivity index (χ0v) is 39.9. The number of anilines is 2. The molecule has 16 nitrogen and oxygen atoms in total. The van der Waals surface area contributed by atoms with E-state index in [9.17, 15) is 24.0 Å². The van der Waals surface area contributed by atoms with Crippen molar-refractivity contribution < 1.29 is 47.7 Å². The number of nitrogens with two attached hydrogens (primary N) is 1. The highest BCUT2D eigenvalue weighted by atomic mass is 79.9. The minimum atomic E-state index is -0.952. The summed E-state index contributed by atoms with van der Waals surface area (Å²) in [5.74, 6) is -1.07. The minimum absolute atomic E-state index is 0.0204. The third-order valence-corrected chi connectivity index (χ3v) is 11.4. The monoisotopic (exact) mass is 986 g/mol. The lowest BCUT2D eigenvalue weighted by molar-refractivity contribution is -0.132. The van der Waals surface area contributed by atoms with Gasteiger partial charge in [0.25, 0.3) is 5.91 Å². The Labute approximate surface area is 395 Å². The molecule has 4 rings (SSSR count). The second-order valence-corrected chi connectivity index (χ2v) is 16.5. The van der Waals surface area contributed by atoms with Crippen molar-refractivity contribution in [1.82, 2.24) is 16.0 Å². The maximum atomic E-state index is 14.2. The maximum absolute atomic E-state index is 14.2. The number of hydrogen-bond acceptors (Lipinski definition) is 11. The number of amides is 5. The first-order valence-electron chi connectivity index (χ1n) is 22.0. The minimum Gasteiger partial charge on any atom is -0.497 e. The molecule has 6 N–H and O–H groups in total. The van der Waals surface area contributed by atoms with Crippen LogP contribution in [0.1, 0.15) is 56.6 Å². The summed E-state index contributed by atoms with van der Waals surface area (Å²) in [6, 6.07) is 14.9. The average molecular weight is 988 g/mol. The Morgan fingerprint density at radius 3 is 2.11 bits per heavy atom. The second-order valence-electron chi connectivity index (χ2n) is 15.6. The van der Waals surface area contributed by atoms with Crippen LogP contribution in [0, 0.1) is 5.92 Å². The van der Waals surface area contributed by atoms with E-state index >= 15 is 0 Å². The topological polar surface area (TPSA) is 209 Å². The zero-order valence-electron chi connectivity index (χ0n) is 37.5. The van der Waals surface area contributed by atoms with Gasteiger partial charge in [0, 0.05) is 42.8 Å². The summed E-state index contributed by atoms with van der Waals surface area (Å²) >= 11 is 9.59. The van der Waals surface area contributed by atoms with Crippen LogP contribution in [-0.2, 0) is 42.9 Å². The summed E-state index contributed by atoms with van der Waals surface area (Å²) < 4.78 is 27.2. The van der Waals surface area contributed by atoms with Crippen LogP contribution in [0.15, 0.2) is 60.7 Å². The Bertz CT molecular complexity index is 2020. The van der Waals surface area contributed by atoms with Gasteiger partial charge in [0.05, 0.1) is 76.7 Å². The molecule has 3 atom stereocenters. The van der Waals surface area contributed by atoms with Crippen molar-refractivity contribution in [2.75, 3.05) is 101 Å². The molecule has 0 spiro atoms. The number of carbonyl (C=O) groups is 5. The summed E-state index contributed by atoms with van der Waals surface area (Å²) in [6.07, 6.45) is 4.80. The highest BCUT2D eigenvalue weighted by Gasteiger charge is 2.35. The Morgan fingerprint density at radius 1 is 0.846 bits per heavy atom. The number of hydrogen-bond donors (Lipinski definition) is 5. The first-order valence-corrected chi connectivity index (χ1v) is 23.7. The number of unbranched alkanes of at least 4 members (excludes halogenated alkanes) is 1. The number of carbonyl (C=O) groups excluding carboxylic acids is 5. The molecule has 18 heteroatoms. The molecule has 1 heterocycles. The van der Waals surface area contributed by atoms with Crippen LogP contribution in [-0.4, -0.2) is 132 Å². The van der Waals surface area contributed by atoms with Gasteiger partial charge in [-0.3, -0.25) is 24.0 Å². The van der Waals surface area contributed by atoms with Crippen molar-refractivity contribution in [2.45, 2.75) is 57.5 Å². The molecular weight excluding hydrogens is 924 g/mol. The van der Waals surface area contributed by atoms with Crippen LogP contribution < -0.4 is 36.6 Å². The Kier molecular flexibility index (Phi) is 23.7. The molecule has 1 aliphatic heterocycles. The summed E-state index contributed by atoms with van der Waals surface area (Å²) in [4.78, 5) is 67.6. The molecule has 0 aromatic heterocycles. The SMILES string of the molecule is COc1ccc(/C=C/C(=O)N2CC(CCl)c3c2cc(NC(=O)[C@H](CCCCN)NC(=O)[C@@H](NC(=O)CCOCCOCCOCCOCCNC(=O)CBr)C(C)C)c2ccccc32)cc1. The largest absolute Gasteiger partial charge is 0.497 e. The molecule has 0 radical (unpaired) electrons. The predicted molar refractivity (Wildman–Crippen MR) is 257 cm³/mol. The third-order valence-electron chi connectivity index (χ3n) is 10.5. The number of benzene rings is 3. The van der Waals surface area contributed by atoms with Crippen molar-refractivity contribution in [3.8, 4) is 5.75 Å². The molecule has 1 unspecified atom stereocenters. The van der Waals surface area contributed by atoms with E-state index in [0.717, 1.165) is 21.9 Å². The van der Waals surface area contributed by atoms with Gasteiger partial charge in [0.1, 0.15) is 17.8 Å². The van der Waals surface area contributed by atoms with Gasteiger partial charge in [0.2, 0.25) is 23.6 Å². The zero-order chi connectivity index (χ0) is 47.0. The lowest BCUT2D eigenvalue weighted by Crippen LogP contribution is -2.54. The van der Waals surface area contributed by atoms with Crippen molar-refractivity contribution in [1.29, 1.82) is 0 Å². The molecule has 0 bridgehead atoms. The van der Waals surface area contributed by atoms with Crippen molar-refractivity contribution in [3.63, 3.8) is 0 Å². The Hall–Kier alpha value is -4.62. The number of nitrogens with zero attached hydrogens (tertiary/aromatic N) is 1. The molecule has 0 fully saturated rings. The molecule has 0 saturated carbocycles. The van der Waals surface area contributed by atoms with Crippen LogP contribution in [0.25, 0.3) is 16.8 Å². The lowest BCUT2D eigenvalue weighted by atomic mass is 9.94. The van der Waals surface area contributed by atoms with E-state index < -0.39 is 23.9 Å². The third kappa shape index (κ3) is 17.3. The summed E-state index contributed by atoms with van der Waals surface area (Å²) in [7, 11) is 1.59. The van der Waals surface area contributed by atoms with Gasteiger partial charge >= 0.3 is 0 Å². The van der Waals surface area contributed by atoms with Crippen LogP contribution >= 0.6 is 27.5 Å². The highest BCUT2D eigenvalue weighted by Crippen LogP contribution is 2.45. The number of halogens is 2. The fourth-order valence-corrected chi connectivity index (χ4v) is 7.57. The average Bonchev–Trinajstić information content (AvgIpc) is 3.69. The van der Waals surface area contributed by atoms with Gasteiger partial charge in [-0.15, -0.1) is 11.6 Å². The summed E-state index contributed by atoms with van der Waals surface area (Å²) in [5.41, 5.74) is 8.68. The van der Waals surface area contributed by atoms with Crippen LogP contribution in [0.2, 0.25) is 0 Å². The molecule has 356 valence electrons. The molecule has 5 amide bonds. The Balaban J connectivity index is 1.32. The molecule has 3 aromatic carbocycles. The smallest absolute Gasteiger partial charge is 0.251 e. The number of rotatable bonds is 30. The van der Waals surface area contributed by atoms with E-state index in [1.165, 1.54) is 6.08 Å². The first-order chi connectivity index (χ1) is 31.5. The summed E-state index contributed by atoms with van der Waals surface area (Å²) in [6.45, 7) is 7.51. The van der Waals surface area contributed by atoms with Gasteiger partial charge in [-0.1, -0.05) is 66.2 Å². The molecular formula is C47H64BrClN6O10. The maximum Gasteiger partial charge on any atom is 0.251 e.